The van der Waals surface area contributed by atoms with Gasteiger partial charge in [-0.2, -0.15) is 0 Å². The molecule has 0 saturated carbocycles. The minimum absolute atomic E-state index is 0.285. The van der Waals surface area contributed by atoms with Crippen molar-refractivity contribution in [2.24, 2.45) is 11.8 Å². The highest BCUT2D eigenvalue weighted by Gasteiger charge is 2.34. The van der Waals surface area contributed by atoms with Crippen molar-refractivity contribution in [2.75, 3.05) is 13.2 Å². The fraction of sp³-hybridized carbons (Fsp3) is 0.800. The van der Waals surface area contributed by atoms with Crippen LogP contribution in [0.15, 0.2) is 0 Å². The van der Waals surface area contributed by atoms with E-state index in [1.54, 1.807) is 13.8 Å². The molecule has 6 atom stereocenters. The van der Waals surface area contributed by atoms with Crippen LogP contribution in [0.1, 0.15) is 53.4 Å². The molecule has 6 N–H and O–H groups in total. The third kappa shape index (κ3) is 7.24. The largest absolute Gasteiger partial charge is 0.480 e. The molecule has 1 rings (SSSR count). The third-order valence-corrected chi connectivity index (χ3v) is 5.76. The van der Waals surface area contributed by atoms with Crippen LogP contribution in [0.2, 0.25) is 0 Å². The van der Waals surface area contributed by atoms with Gasteiger partial charge >= 0.3 is 5.97 Å². The predicted octanol–water partition coefficient (Wildman–Crippen LogP) is -0.638. The Morgan fingerprint density at radius 3 is 2.00 bits per heavy atom. The van der Waals surface area contributed by atoms with Crippen molar-refractivity contribution < 1.29 is 29.4 Å². The lowest BCUT2D eigenvalue weighted by molar-refractivity contribution is -0.144. The molecular weight excluding hydrogens is 392 g/mol. The lowest BCUT2D eigenvalue weighted by Crippen LogP contribution is -2.60. The molecule has 0 bridgehead atoms. The molecule has 10 heteroatoms. The fourth-order valence-corrected chi connectivity index (χ4v) is 3.26. The van der Waals surface area contributed by atoms with E-state index in [2.05, 4.69) is 21.3 Å². The van der Waals surface area contributed by atoms with E-state index in [0.29, 0.717) is 25.8 Å². The second-order valence-corrected chi connectivity index (χ2v) is 7.97. The van der Waals surface area contributed by atoms with Gasteiger partial charge in [-0.25, -0.2) is 4.79 Å². The van der Waals surface area contributed by atoms with E-state index < -0.39 is 48.6 Å². The van der Waals surface area contributed by atoms with Crippen LogP contribution in [0.25, 0.3) is 0 Å². The zero-order valence-corrected chi connectivity index (χ0v) is 18.2. The van der Waals surface area contributed by atoms with Gasteiger partial charge in [0.25, 0.3) is 0 Å². The minimum atomic E-state index is -1.20. The molecule has 0 radical (unpaired) electrons. The molecule has 0 aliphatic carbocycles. The molecule has 0 aromatic carbocycles. The van der Waals surface area contributed by atoms with Gasteiger partial charge in [0.15, 0.2) is 0 Å². The number of hydrogen-bond acceptors (Lipinski definition) is 6. The Morgan fingerprint density at radius 2 is 1.53 bits per heavy atom. The van der Waals surface area contributed by atoms with E-state index in [1.165, 1.54) is 0 Å². The smallest absolute Gasteiger partial charge is 0.326 e. The normalized spacial score (nSPS) is 21.0. The van der Waals surface area contributed by atoms with Crippen molar-refractivity contribution in [2.45, 2.75) is 77.5 Å². The predicted molar refractivity (Wildman–Crippen MR) is 110 cm³/mol. The molecule has 172 valence electrons. The van der Waals surface area contributed by atoms with Crippen LogP contribution in [0.4, 0.5) is 0 Å². The maximum absolute atomic E-state index is 12.8. The van der Waals surface area contributed by atoms with E-state index >= 15 is 0 Å². The van der Waals surface area contributed by atoms with Gasteiger partial charge in [0.1, 0.15) is 18.1 Å². The van der Waals surface area contributed by atoms with E-state index in [4.69, 9.17) is 0 Å². The van der Waals surface area contributed by atoms with Gasteiger partial charge in [-0.1, -0.05) is 40.5 Å². The molecule has 1 aliphatic heterocycles. The third-order valence-electron chi connectivity index (χ3n) is 5.76. The van der Waals surface area contributed by atoms with Crippen molar-refractivity contribution in [1.29, 1.82) is 0 Å². The first-order valence-corrected chi connectivity index (χ1v) is 10.6. The number of nitrogens with one attached hydrogen (secondary N) is 4. The lowest BCUT2D eigenvalue weighted by atomic mass is 9.95. The van der Waals surface area contributed by atoms with Gasteiger partial charge in [-0.3, -0.25) is 14.4 Å². The lowest BCUT2D eigenvalue weighted by Gasteiger charge is -2.28. The summed E-state index contributed by atoms with van der Waals surface area (Å²) >= 11 is 0. The molecule has 1 aliphatic rings. The van der Waals surface area contributed by atoms with Crippen LogP contribution in [0, 0.1) is 11.8 Å². The first-order valence-electron chi connectivity index (χ1n) is 10.6. The van der Waals surface area contributed by atoms with Crippen molar-refractivity contribution in [1.82, 2.24) is 21.3 Å². The summed E-state index contributed by atoms with van der Waals surface area (Å²) in [6.07, 6.45) is 2.62. The Kier molecular flexibility index (Phi) is 10.8. The van der Waals surface area contributed by atoms with Crippen LogP contribution in [0.5, 0.6) is 0 Å². The molecule has 1 heterocycles. The molecule has 10 nitrogen and oxygen atoms in total. The quantitative estimate of drug-likeness (QED) is 0.241. The standard InChI is InChI=1S/C20H36N4O6/c1-5-11(3)15(19(28)24-16(20(29)30)12(4)6-2)23-18(27)14(10-25)22-17(26)13-8-7-9-21-13/h11-16,21,25H,5-10H2,1-4H3,(H,22,26)(H,23,27)(H,24,28)(H,29,30). The van der Waals surface area contributed by atoms with Crippen LogP contribution in [-0.4, -0.2) is 71.2 Å². The molecule has 1 fully saturated rings. The van der Waals surface area contributed by atoms with E-state index in [9.17, 15) is 29.4 Å². The number of carboxylic acids is 1. The number of amides is 3. The molecular formula is C20H36N4O6. The van der Waals surface area contributed by atoms with Crippen molar-refractivity contribution >= 4 is 23.7 Å². The summed E-state index contributed by atoms with van der Waals surface area (Å²) in [7, 11) is 0. The Balaban J connectivity index is 2.85. The molecule has 6 unspecified atom stereocenters. The van der Waals surface area contributed by atoms with Crippen molar-refractivity contribution in [3.63, 3.8) is 0 Å². The molecule has 0 aromatic rings. The summed E-state index contributed by atoms with van der Waals surface area (Å²) in [5, 5.41) is 29.6. The molecule has 1 saturated heterocycles. The SMILES string of the molecule is CCC(C)C(NC(=O)C(NC(=O)C(CO)NC(=O)C1CCCN1)C(C)CC)C(=O)O. The Labute approximate surface area is 177 Å². The molecule has 3 amide bonds. The van der Waals surface area contributed by atoms with Crippen LogP contribution < -0.4 is 21.3 Å². The number of aliphatic hydroxyl groups is 1. The number of aliphatic carboxylic acids is 1. The fourth-order valence-electron chi connectivity index (χ4n) is 3.26. The maximum atomic E-state index is 12.8. The van der Waals surface area contributed by atoms with Crippen LogP contribution >= 0.6 is 0 Å². The zero-order valence-electron chi connectivity index (χ0n) is 18.2. The van der Waals surface area contributed by atoms with Gasteiger partial charge in [0, 0.05) is 0 Å². The number of hydrogen-bond donors (Lipinski definition) is 6. The van der Waals surface area contributed by atoms with Gasteiger partial charge < -0.3 is 31.5 Å². The summed E-state index contributed by atoms with van der Waals surface area (Å²) < 4.78 is 0. The van der Waals surface area contributed by atoms with Crippen LogP contribution in [0.3, 0.4) is 0 Å². The molecule has 0 spiro atoms. The number of carboxylic acid groups (broad SMARTS) is 1. The van der Waals surface area contributed by atoms with E-state index in [-0.39, 0.29) is 17.7 Å². The van der Waals surface area contributed by atoms with E-state index in [1.807, 2.05) is 13.8 Å². The molecule has 0 aromatic heterocycles. The number of rotatable bonds is 12. The van der Waals surface area contributed by atoms with Crippen LogP contribution in [-0.2, 0) is 19.2 Å². The summed E-state index contributed by atoms with van der Waals surface area (Å²) in [6, 6.07) is -3.69. The second-order valence-electron chi connectivity index (χ2n) is 7.97. The number of aliphatic hydroxyl groups excluding tert-OH is 1. The minimum Gasteiger partial charge on any atom is -0.480 e. The average molecular weight is 429 g/mol. The highest BCUT2D eigenvalue weighted by atomic mass is 16.4. The van der Waals surface area contributed by atoms with Gasteiger partial charge in [0.05, 0.1) is 12.6 Å². The van der Waals surface area contributed by atoms with Gasteiger partial charge in [0.2, 0.25) is 17.7 Å². The monoisotopic (exact) mass is 428 g/mol. The summed E-state index contributed by atoms with van der Waals surface area (Å²) in [5.41, 5.74) is 0. The maximum Gasteiger partial charge on any atom is 0.326 e. The Hall–Kier alpha value is -2.20. The number of carbonyl (C=O) groups is 4. The van der Waals surface area contributed by atoms with Crippen molar-refractivity contribution in [3.05, 3.63) is 0 Å². The highest BCUT2D eigenvalue weighted by molar-refractivity contribution is 5.94. The summed E-state index contributed by atoms with van der Waals surface area (Å²) in [5.74, 6) is -3.40. The first kappa shape index (κ1) is 25.8. The van der Waals surface area contributed by atoms with Gasteiger partial charge in [-0.05, 0) is 31.2 Å². The summed E-state index contributed by atoms with van der Waals surface area (Å²) in [6.45, 7) is 7.25. The highest BCUT2D eigenvalue weighted by Crippen LogP contribution is 2.12. The number of carbonyl (C=O) groups excluding carboxylic acids is 3. The first-order chi connectivity index (χ1) is 14.2. The summed E-state index contributed by atoms with van der Waals surface area (Å²) in [4.78, 5) is 49.3. The second kappa shape index (κ2) is 12.5. The average Bonchev–Trinajstić information content (AvgIpc) is 3.27. The zero-order chi connectivity index (χ0) is 22.8. The Bertz CT molecular complexity index is 608. The van der Waals surface area contributed by atoms with Crippen molar-refractivity contribution in [3.8, 4) is 0 Å². The molecule has 30 heavy (non-hydrogen) atoms. The topological polar surface area (TPSA) is 157 Å². The Morgan fingerprint density at radius 1 is 0.967 bits per heavy atom. The van der Waals surface area contributed by atoms with E-state index in [0.717, 1.165) is 6.42 Å². The van der Waals surface area contributed by atoms with Gasteiger partial charge in [-0.15, -0.1) is 0 Å².